The van der Waals surface area contributed by atoms with Gasteiger partial charge in [0.05, 0.1) is 0 Å². The van der Waals surface area contributed by atoms with E-state index in [0.29, 0.717) is 17.1 Å². The van der Waals surface area contributed by atoms with Gasteiger partial charge in [-0.05, 0) is 85.7 Å². The van der Waals surface area contributed by atoms with E-state index in [1.165, 1.54) is 43.0 Å². The van der Waals surface area contributed by atoms with Crippen LogP contribution in [0.2, 0.25) is 0 Å². The molecule has 0 bridgehead atoms. The van der Waals surface area contributed by atoms with E-state index in [1.807, 2.05) is 0 Å². The number of para-hydroxylation sites is 1. The number of fused-ring (bicyclic) bond motifs is 8. The van der Waals surface area contributed by atoms with Crippen LogP contribution < -0.4 is 0 Å². The minimum Gasteiger partial charge on any atom is -0.347 e. The van der Waals surface area contributed by atoms with Gasteiger partial charge in [0.25, 0.3) is 0 Å². The number of aryl methyl sites for hydroxylation is 1. The zero-order chi connectivity index (χ0) is 19.3. The van der Waals surface area contributed by atoms with Crippen molar-refractivity contribution in [2.75, 3.05) is 0 Å². The second-order valence-corrected chi connectivity index (χ2v) is 11.0. The van der Waals surface area contributed by atoms with Crippen molar-refractivity contribution in [1.82, 2.24) is 4.57 Å². The minimum absolute atomic E-state index is 0.00361. The Balaban J connectivity index is 1.43. The highest BCUT2D eigenvalue weighted by Crippen LogP contribution is 2.65. The zero-order valence-electron chi connectivity index (χ0n) is 17.6. The summed E-state index contributed by atoms with van der Waals surface area (Å²) < 4.78 is 2.48. The SMILES string of the molecule is Cn1c2c(c3ccccc31)C[C@@]1(C)[C@@H](CC[C@@H]3[C@@H]1CC[C@]1(C)C(=O)CC[C@@H]31)C2. The Morgan fingerprint density at radius 1 is 1.04 bits per heavy atom. The van der Waals surface area contributed by atoms with Crippen molar-refractivity contribution in [3.63, 3.8) is 0 Å². The van der Waals surface area contributed by atoms with E-state index in [0.717, 1.165) is 37.0 Å². The number of aromatic nitrogens is 1. The summed E-state index contributed by atoms with van der Waals surface area (Å²) in [5.41, 5.74) is 5.05. The first-order valence-corrected chi connectivity index (χ1v) is 11.5. The van der Waals surface area contributed by atoms with E-state index >= 15 is 0 Å². The van der Waals surface area contributed by atoms with Gasteiger partial charge in [0.2, 0.25) is 0 Å². The molecule has 3 fully saturated rings. The predicted molar refractivity (Wildman–Crippen MR) is 113 cm³/mol. The van der Waals surface area contributed by atoms with Crippen molar-refractivity contribution in [1.29, 1.82) is 0 Å². The lowest BCUT2D eigenvalue weighted by Crippen LogP contribution is -2.54. The number of hydrogen-bond donors (Lipinski definition) is 0. The number of carbonyl (C=O) groups excluding carboxylic acids is 1. The fourth-order valence-electron chi connectivity index (χ4n) is 8.51. The Hall–Kier alpha value is -1.57. The summed E-state index contributed by atoms with van der Waals surface area (Å²) in [6.45, 7) is 4.93. The van der Waals surface area contributed by atoms with Gasteiger partial charge in [0.1, 0.15) is 5.78 Å². The fraction of sp³-hybridized carbons (Fsp3) is 0.654. The lowest BCUT2D eigenvalue weighted by atomic mass is 9.45. The van der Waals surface area contributed by atoms with E-state index in [2.05, 4.69) is 49.7 Å². The molecule has 4 aliphatic rings. The molecule has 0 unspecified atom stereocenters. The summed E-state index contributed by atoms with van der Waals surface area (Å²) in [5.74, 6) is 3.63. The Labute approximate surface area is 168 Å². The first kappa shape index (κ1) is 17.3. The van der Waals surface area contributed by atoms with Crippen LogP contribution in [0.15, 0.2) is 24.3 Å². The Morgan fingerprint density at radius 2 is 1.86 bits per heavy atom. The molecule has 0 N–H and O–H groups in total. The quantitative estimate of drug-likeness (QED) is 0.578. The van der Waals surface area contributed by atoms with Crippen LogP contribution in [0.1, 0.15) is 63.6 Å². The van der Waals surface area contributed by atoms with E-state index in [1.54, 1.807) is 11.3 Å². The molecule has 0 radical (unpaired) electrons. The van der Waals surface area contributed by atoms with E-state index in [4.69, 9.17) is 0 Å². The van der Waals surface area contributed by atoms with Crippen LogP contribution >= 0.6 is 0 Å². The van der Waals surface area contributed by atoms with Crippen molar-refractivity contribution in [3.8, 4) is 0 Å². The normalized spacial score (nSPS) is 42.0. The van der Waals surface area contributed by atoms with Gasteiger partial charge in [0, 0.05) is 35.5 Å². The summed E-state index contributed by atoms with van der Waals surface area (Å²) in [6.07, 6.45) is 9.64. The van der Waals surface area contributed by atoms with Gasteiger partial charge in [-0.1, -0.05) is 32.0 Å². The number of Topliss-reactive ketones (excluding diaryl/α,β-unsaturated/α-hetero) is 1. The molecule has 28 heavy (non-hydrogen) atoms. The van der Waals surface area contributed by atoms with Gasteiger partial charge in [-0.3, -0.25) is 4.79 Å². The maximum Gasteiger partial charge on any atom is 0.139 e. The van der Waals surface area contributed by atoms with Crippen molar-refractivity contribution in [2.45, 2.75) is 65.2 Å². The molecule has 2 nitrogen and oxygen atoms in total. The fourth-order valence-corrected chi connectivity index (χ4v) is 8.51. The largest absolute Gasteiger partial charge is 0.347 e. The highest BCUT2D eigenvalue weighted by atomic mass is 16.1. The minimum atomic E-state index is 0.00361. The average Bonchev–Trinajstić information content (AvgIpc) is 3.14. The standard InChI is InChI=1S/C26H33NO/c1-25-13-12-21-18(20(25)10-11-24(25)28)9-8-16-14-23-19(15-26(16,21)2)17-6-4-5-7-22(17)27(23)3/h4-7,16,18,20-21H,8-15H2,1-3H3/t16-,18-,20-,21-,25-,26-/m0/s1. The summed E-state index contributed by atoms with van der Waals surface area (Å²) in [6, 6.07) is 9.01. The smallest absolute Gasteiger partial charge is 0.139 e. The van der Waals surface area contributed by atoms with Gasteiger partial charge in [-0.2, -0.15) is 0 Å². The Kier molecular flexibility index (Phi) is 3.41. The molecule has 148 valence electrons. The molecule has 6 rings (SSSR count). The second kappa shape index (κ2) is 5.52. The molecular weight excluding hydrogens is 342 g/mol. The monoisotopic (exact) mass is 375 g/mol. The van der Waals surface area contributed by atoms with Gasteiger partial charge in [0.15, 0.2) is 0 Å². The van der Waals surface area contributed by atoms with Gasteiger partial charge >= 0.3 is 0 Å². The van der Waals surface area contributed by atoms with Crippen molar-refractivity contribution < 1.29 is 4.79 Å². The lowest BCUT2D eigenvalue weighted by molar-refractivity contribution is -0.136. The van der Waals surface area contributed by atoms with Crippen LogP contribution in [0, 0.1) is 34.5 Å². The number of nitrogens with zero attached hydrogens (tertiary/aromatic N) is 1. The molecule has 2 aromatic rings. The summed E-state index contributed by atoms with van der Waals surface area (Å²) in [4.78, 5) is 12.7. The van der Waals surface area contributed by atoms with Gasteiger partial charge in [-0.25, -0.2) is 0 Å². The third-order valence-electron chi connectivity index (χ3n) is 10.1. The maximum absolute atomic E-state index is 12.7. The predicted octanol–water partition coefficient (Wildman–Crippen LogP) is 5.70. The lowest BCUT2D eigenvalue weighted by Gasteiger charge is -2.59. The van der Waals surface area contributed by atoms with E-state index in [-0.39, 0.29) is 5.41 Å². The Bertz CT molecular complexity index is 986. The molecule has 1 heterocycles. The number of hydrogen-bond acceptors (Lipinski definition) is 1. The summed E-state index contributed by atoms with van der Waals surface area (Å²) >= 11 is 0. The summed E-state index contributed by atoms with van der Waals surface area (Å²) in [7, 11) is 2.27. The number of benzene rings is 1. The molecule has 2 heteroatoms. The van der Waals surface area contributed by atoms with Crippen molar-refractivity contribution >= 4 is 16.7 Å². The average molecular weight is 376 g/mol. The molecule has 4 aliphatic carbocycles. The molecule has 3 saturated carbocycles. The zero-order valence-corrected chi connectivity index (χ0v) is 17.6. The first-order valence-electron chi connectivity index (χ1n) is 11.5. The first-order chi connectivity index (χ1) is 13.4. The van der Waals surface area contributed by atoms with Crippen LogP contribution in [0.4, 0.5) is 0 Å². The second-order valence-electron chi connectivity index (χ2n) is 11.0. The molecule has 6 atom stereocenters. The third-order valence-corrected chi connectivity index (χ3v) is 10.1. The number of carbonyl (C=O) groups is 1. The van der Waals surface area contributed by atoms with Crippen molar-refractivity contribution in [3.05, 3.63) is 35.5 Å². The molecule has 0 amide bonds. The van der Waals surface area contributed by atoms with Gasteiger partial charge < -0.3 is 4.57 Å². The highest BCUT2D eigenvalue weighted by Gasteiger charge is 2.60. The molecular formula is C26H33NO. The van der Waals surface area contributed by atoms with Crippen LogP contribution in [0.25, 0.3) is 10.9 Å². The molecule has 1 aromatic carbocycles. The molecule has 0 spiro atoms. The molecule has 1 aromatic heterocycles. The topological polar surface area (TPSA) is 22.0 Å². The number of rotatable bonds is 0. The van der Waals surface area contributed by atoms with Crippen LogP contribution in [-0.4, -0.2) is 10.4 Å². The van der Waals surface area contributed by atoms with E-state index in [9.17, 15) is 4.79 Å². The van der Waals surface area contributed by atoms with Crippen LogP contribution in [0.5, 0.6) is 0 Å². The van der Waals surface area contributed by atoms with Crippen LogP contribution in [-0.2, 0) is 24.7 Å². The molecule has 0 saturated heterocycles. The highest BCUT2D eigenvalue weighted by molar-refractivity contribution is 5.87. The molecule has 0 aliphatic heterocycles. The summed E-state index contributed by atoms with van der Waals surface area (Å²) in [5, 5.41) is 1.48. The maximum atomic E-state index is 12.7. The third kappa shape index (κ3) is 1.97. The van der Waals surface area contributed by atoms with Crippen molar-refractivity contribution in [2.24, 2.45) is 41.5 Å². The van der Waals surface area contributed by atoms with Gasteiger partial charge in [-0.15, -0.1) is 0 Å². The van der Waals surface area contributed by atoms with Crippen LogP contribution in [0.3, 0.4) is 0 Å². The Morgan fingerprint density at radius 3 is 2.71 bits per heavy atom. The van der Waals surface area contributed by atoms with E-state index < -0.39 is 0 Å². The number of ketones is 1.